The lowest BCUT2D eigenvalue weighted by atomic mass is 10.2. The predicted octanol–water partition coefficient (Wildman–Crippen LogP) is 2.32. The third-order valence-corrected chi connectivity index (χ3v) is 2.67. The standard InChI is InChI=1S/C13H15F2N3/c1-2-16-8-13-17-5-6-18(13)9-10-3-4-11(14)12(15)7-10/h3-7,16H,2,8-9H2,1H3. The molecule has 0 bridgehead atoms. The lowest BCUT2D eigenvalue weighted by Crippen LogP contribution is -2.16. The van der Waals surface area contributed by atoms with Gasteiger partial charge in [0, 0.05) is 18.9 Å². The molecule has 2 rings (SSSR count). The van der Waals surface area contributed by atoms with Crippen molar-refractivity contribution in [1.29, 1.82) is 0 Å². The van der Waals surface area contributed by atoms with Gasteiger partial charge in [-0.1, -0.05) is 13.0 Å². The largest absolute Gasteiger partial charge is 0.329 e. The number of nitrogens with one attached hydrogen (secondary N) is 1. The van der Waals surface area contributed by atoms with Gasteiger partial charge in [0.1, 0.15) is 5.82 Å². The van der Waals surface area contributed by atoms with E-state index in [9.17, 15) is 8.78 Å². The molecule has 1 N–H and O–H groups in total. The molecule has 5 heteroatoms. The highest BCUT2D eigenvalue weighted by atomic mass is 19.2. The number of rotatable bonds is 5. The molecular formula is C13H15F2N3. The Kier molecular flexibility index (Phi) is 4.04. The summed E-state index contributed by atoms with van der Waals surface area (Å²) in [6, 6.07) is 3.94. The highest BCUT2D eigenvalue weighted by Gasteiger charge is 2.06. The van der Waals surface area contributed by atoms with Crippen molar-refractivity contribution in [1.82, 2.24) is 14.9 Å². The van der Waals surface area contributed by atoms with Crippen molar-refractivity contribution in [2.24, 2.45) is 0 Å². The highest BCUT2D eigenvalue weighted by molar-refractivity contribution is 5.18. The van der Waals surface area contributed by atoms with E-state index >= 15 is 0 Å². The number of halogens is 2. The zero-order valence-corrected chi connectivity index (χ0v) is 10.2. The van der Waals surface area contributed by atoms with Crippen molar-refractivity contribution in [2.75, 3.05) is 6.54 Å². The molecule has 0 radical (unpaired) electrons. The van der Waals surface area contributed by atoms with Crippen LogP contribution in [0.25, 0.3) is 0 Å². The maximum atomic E-state index is 13.1. The lowest BCUT2D eigenvalue weighted by molar-refractivity contribution is 0.506. The summed E-state index contributed by atoms with van der Waals surface area (Å²) < 4.78 is 27.8. The molecule has 1 aromatic heterocycles. The maximum Gasteiger partial charge on any atom is 0.159 e. The second-order valence-electron chi connectivity index (χ2n) is 4.00. The molecule has 0 saturated carbocycles. The van der Waals surface area contributed by atoms with E-state index in [1.165, 1.54) is 6.07 Å². The fourth-order valence-electron chi connectivity index (χ4n) is 1.72. The van der Waals surface area contributed by atoms with Crippen molar-refractivity contribution in [3.8, 4) is 0 Å². The van der Waals surface area contributed by atoms with Crippen molar-refractivity contribution < 1.29 is 8.78 Å². The van der Waals surface area contributed by atoms with Crippen LogP contribution in [0.5, 0.6) is 0 Å². The third kappa shape index (κ3) is 2.92. The topological polar surface area (TPSA) is 29.9 Å². The molecule has 0 atom stereocenters. The molecule has 96 valence electrons. The quantitative estimate of drug-likeness (QED) is 0.883. The van der Waals surface area contributed by atoms with Gasteiger partial charge in [-0.15, -0.1) is 0 Å². The Morgan fingerprint density at radius 3 is 2.83 bits per heavy atom. The van der Waals surface area contributed by atoms with Gasteiger partial charge in [-0.25, -0.2) is 13.8 Å². The van der Waals surface area contributed by atoms with Crippen molar-refractivity contribution >= 4 is 0 Å². The van der Waals surface area contributed by atoms with Crippen LogP contribution >= 0.6 is 0 Å². The van der Waals surface area contributed by atoms with Gasteiger partial charge in [-0.3, -0.25) is 0 Å². The Morgan fingerprint density at radius 1 is 1.28 bits per heavy atom. The fraction of sp³-hybridized carbons (Fsp3) is 0.308. The molecule has 2 aromatic rings. The summed E-state index contributed by atoms with van der Waals surface area (Å²) in [6.07, 6.45) is 3.53. The molecule has 0 amide bonds. The van der Waals surface area contributed by atoms with E-state index < -0.39 is 11.6 Å². The number of hydrogen-bond acceptors (Lipinski definition) is 2. The first-order valence-corrected chi connectivity index (χ1v) is 5.85. The Bertz CT molecular complexity index is 523. The van der Waals surface area contributed by atoms with E-state index in [4.69, 9.17) is 0 Å². The van der Waals surface area contributed by atoms with Crippen molar-refractivity contribution in [3.63, 3.8) is 0 Å². The fourth-order valence-corrected chi connectivity index (χ4v) is 1.72. The summed E-state index contributed by atoms with van der Waals surface area (Å²) in [4.78, 5) is 4.22. The Morgan fingerprint density at radius 2 is 2.11 bits per heavy atom. The van der Waals surface area contributed by atoms with Crippen LogP contribution in [-0.4, -0.2) is 16.1 Å². The molecule has 0 aliphatic rings. The number of imidazole rings is 1. The molecule has 3 nitrogen and oxygen atoms in total. The highest BCUT2D eigenvalue weighted by Crippen LogP contribution is 2.11. The lowest BCUT2D eigenvalue weighted by Gasteiger charge is -2.08. The average Bonchev–Trinajstić information content (AvgIpc) is 2.79. The zero-order chi connectivity index (χ0) is 13.0. The molecule has 0 unspecified atom stereocenters. The number of nitrogens with zero attached hydrogens (tertiary/aromatic N) is 2. The van der Waals surface area contributed by atoms with Gasteiger partial charge in [-0.05, 0) is 24.2 Å². The summed E-state index contributed by atoms with van der Waals surface area (Å²) in [5.74, 6) is -0.764. The molecule has 0 saturated heterocycles. The molecule has 0 aliphatic heterocycles. The average molecular weight is 251 g/mol. The third-order valence-electron chi connectivity index (χ3n) is 2.67. The predicted molar refractivity (Wildman–Crippen MR) is 65.1 cm³/mol. The summed E-state index contributed by atoms with van der Waals surface area (Å²) >= 11 is 0. The number of hydrogen-bond donors (Lipinski definition) is 1. The van der Waals surface area contributed by atoms with Crippen LogP contribution in [0.1, 0.15) is 18.3 Å². The summed E-state index contributed by atoms with van der Waals surface area (Å²) in [5, 5.41) is 3.18. The SMILES string of the molecule is CCNCc1nccn1Cc1ccc(F)c(F)c1. The monoisotopic (exact) mass is 251 g/mol. The molecule has 1 aromatic carbocycles. The van der Waals surface area contributed by atoms with Gasteiger partial charge in [0.15, 0.2) is 11.6 Å². The Hall–Kier alpha value is -1.75. The molecule has 18 heavy (non-hydrogen) atoms. The van der Waals surface area contributed by atoms with E-state index in [-0.39, 0.29) is 0 Å². The molecule has 0 spiro atoms. The first kappa shape index (κ1) is 12.7. The first-order chi connectivity index (χ1) is 8.70. The van der Waals surface area contributed by atoms with Crippen molar-refractivity contribution in [3.05, 3.63) is 53.6 Å². The van der Waals surface area contributed by atoms with E-state index in [0.29, 0.717) is 18.7 Å². The van der Waals surface area contributed by atoms with Crippen LogP contribution < -0.4 is 5.32 Å². The van der Waals surface area contributed by atoms with Gasteiger partial charge in [0.25, 0.3) is 0 Å². The van der Waals surface area contributed by atoms with Crippen LogP contribution in [0.4, 0.5) is 8.78 Å². The van der Waals surface area contributed by atoms with E-state index in [2.05, 4.69) is 10.3 Å². The van der Waals surface area contributed by atoms with Crippen LogP contribution in [0.2, 0.25) is 0 Å². The molecule has 0 fully saturated rings. The summed E-state index contributed by atoms with van der Waals surface area (Å²) in [6.45, 7) is 4.02. The number of benzene rings is 1. The summed E-state index contributed by atoms with van der Waals surface area (Å²) in [5.41, 5.74) is 0.713. The van der Waals surface area contributed by atoms with E-state index in [1.807, 2.05) is 17.7 Å². The van der Waals surface area contributed by atoms with Gasteiger partial charge in [0.05, 0.1) is 6.54 Å². The van der Waals surface area contributed by atoms with Gasteiger partial charge >= 0.3 is 0 Å². The minimum Gasteiger partial charge on any atom is -0.329 e. The summed E-state index contributed by atoms with van der Waals surface area (Å²) in [7, 11) is 0. The van der Waals surface area contributed by atoms with Crippen LogP contribution in [0.3, 0.4) is 0 Å². The minimum atomic E-state index is -0.822. The van der Waals surface area contributed by atoms with Crippen LogP contribution in [0, 0.1) is 11.6 Å². The normalized spacial score (nSPS) is 10.8. The van der Waals surface area contributed by atoms with Gasteiger partial charge < -0.3 is 9.88 Å². The van der Waals surface area contributed by atoms with Gasteiger partial charge in [-0.2, -0.15) is 0 Å². The van der Waals surface area contributed by atoms with Crippen molar-refractivity contribution in [2.45, 2.75) is 20.0 Å². The second-order valence-corrected chi connectivity index (χ2v) is 4.00. The van der Waals surface area contributed by atoms with Crippen LogP contribution in [0.15, 0.2) is 30.6 Å². The molecule has 1 heterocycles. The minimum absolute atomic E-state index is 0.484. The molecule has 0 aliphatic carbocycles. The van der Waals surface area contributed by atoms with E-state index in [0.717, 1.165) is 18.4 Å². The van der Waals surface area contributed by atoms with E-state index in [1.54, 1.807) is 12.3 Å². The van der Waals surface area contributed by atoms with Gasteiger partial charge in [0.2, 0.25) is 0 Å². The first-order valence-electron chi connectivity index (χ1n) is 5.85. The molecular weight excluding hydrogens is 236 g/mol. The second kappa shape index (κ2) is 5.73. The Labute approximate surface area is 104 Å². The van der Waals surface area contributed by atoms with Crippen LogP contribution in [-0.2, 0) is 13.1 Å². The maximum absolute atomic E-state index is 13.1. The smallest absolute Gasteiger partial charge is 0.159 e. The Balaban J connectivity index is 2.13. The number of aromatic nitrogens is 2. The zero-order valence-electron chi connectivity index (χ0n) is 10.2.